The number of hydrogen-bond acceptors (Lipinski definition) is 3. The highest BCUT2D eigenvalue weighted by molar-refractivity contribution is 6.07. The Bertz CT molecular complexity index is 1060. The largest absolute Gasteiger partial charge is 0.322 e. The van der Waals surface area contributed by atoms with Gasteiger partial charge in [0, 0.05) is 35.1 Å². The van der Waals surface area contributed by atoms with Crippen LogP contribution >= 0.6 is 0 Å². The molecule has 31 heavy (non-hydrogen) atoms. The van der Waals surface area contributed by atoms with Crippen molar-refractivity contribution in [1.29, 1.82) is 0 Å². The SMILES string of the molecule is CN(C)C1CCCN(C(=O)c2ccc(NC(=O)c3ccccc3)cc2)c2ccccc21. The lowest BCUT2D eigenvalue weighted by atomic mass is 10.0. The first-order valence-corrected chi connectivity index (χ1v) is 10.6. The van der Waals surface area contributed by atoms with Crippen LogP contribution in [0.2, 0.25) is 0 Å². The molecule has 3 aromatic rings. The van der Waals surface area contributed by atoms with Gasteiger partial charge in [-0.2, -0.15) is 0 Å². The van der Waals surface area contributed by atoms with E-state index in [0.717, 1.165) is 18.5 Å². The molecule has 1 heterocycles. The molecule has 2 amide bonds. The number of hydrogen-bond donors (Lipinski definition) is 1. The summed E-state index contributed by atoms with van der Waals surface area (Å²) < 4.78 is 0. The van der Waals surface area contributed by atoms with E-state index in [-0.39, 0.29) is 11.8 Å². The molecular weight excluding hydrogens is 386 g/mol. The molecule has 1 unspecified atom stereocenters. The van der Waals surface area contributed by atoms with Crippen LogP contribution in [0.3, 0.4) is 0 Å². The molecule has 1 aliphatic rings. The van der Waals surface area contributed by atoms with Crippen LogP contribution in [-0.4, -0.2) is 37.4 Å². The van der Waals surface area contributed by atoms with Gasteiger partial charge in [0.25, 0.3) is 11.8 Å². The minimum absolute atomic E-state index is 0.0206. The molecule has 0 saturated heterocycles. The topological polar surface area (TPSA) is 52.6 Å². The standard InChI is InChI=1S/C26H27N3O2/c1-28(2)23-13-8-18-29(24-12-7-6-11-22(23)24)26(31)20-14-16-21(17-15-20)27-25(30)19-9-4-3-5-10-19/h3-7,9-12,14-17,23H,8,13,18H2,1-2H3,(H,27,30). The van der Waals surface area contributed by atoms with Gasteiger partial charge in [-0.1, -0.05) is 36.4 Å². The third-order valence-electron chi connectivity index (χ3n) is 5.74. The van der Waals surface area contributed by atoms with Crippen LogP contribution in [0.1, 0.15) is 45.2 Å². The molecule has 0 saturated carbocycles. The Labute approximate surface area is 183 Å². The smallest absolute Gasteiger partial charge is 0.258 e. The molecular formula is C26H27N3O2. The summed E-state index contributed by atoms with van der Waals surface area (Å²) >= 11 is 0. The molecule has 5 nitrogen and oxygen atoms in total. The number of rotatable bonds is 4. The Balaban J connectivity index is 1.54. The van der Waals surface area contributed by atoms with Crippen molar-refractivity contribution >= 4 is 23.2 Å². The normalized spacial score (nSPS) is 15.8. The number of fused-ring (bicyclic) bond motifs is 1. The summed E-state index contributed by atoms with van der Waals surface area (Å²) in [4.78, 5) is 29.8. The minimum Gasteiger partial charge on any atom is -0.322 e. The van der Waals surface area contributed by atoms with E-state index in [4.69, 9.17) is 0 Å². The van der Waals surface area contributed by atoms with E-state index in [0.29, 0.717) is 29.4 Å². The average Bonchev–Trinajstić information content (AvgIpc) is 2.99. The van der Waals surface area contributed by atoms with E-state index in [9.17, 15) is 9.59 Å². The number of para-hydroxylation sites is 1. The molecule has 1 N–H and O–H groups in total. The predicted octanol–water partition coefficient (Wildman–Crippen LogP) is 4.98. The molecule has 158 valence electrons. The van der Waals surface area contributed by atoms with Crippen LogP contribution in [-0.2, 0) is 0 Å². The van der Waals surface area contributed by atoms with Crippen LogP contribution < -0.4 is 10.2 Å². The third kappa shape index (κ3) is 4.52. The lowest BCUT2D eigenvalue weighted by Gasteiger charge is -2.27. The fraction of sp³-hybridized carbons (Fsp3) is 0.231. The monoisotopic (exact) mass is 413 g/mol. The van der Waals surface area contributed by atoms with Crippen LogP contribution in [0.4, 0.5) is 11.4 Å². The van der Waals surface area contributed by atoms with Gasteiger partial charge in [-0.05, 0) is 75.0 Å². The fourth-order valence-electron chi connectivity index (χ4n) is 4.13. The third-order valence-corrected chi connectivity index (χ3v) is 5.74. The van der Waals surface area contributed by atoms with Crippen LogP contribution in [0, 0.1) is 0 Å². The second-order valence-electron chi connectivity index (χ2n) is 8.03. The van der Waals surface area contributed by atoms with Gasteiger partial charge in [-0.15, -0.1) is 0 Å². The highest BCUT2D eigenvalue weighted by atomic mass is 16.2. The van der Waals surface area contributed by atoms with Crippen molar-refractivity contribution < 1.29 is 9.59 Å². The average molecular weight is 414 g/mol. The molecule has 0 spiro atoms. The Morgan fingerprint density at radius 3 is 2.26 bits per heavy atom. The molecule has 5 heteroatoms. The highest BCUT2D eigenvalue weighted by Crippen LogP contribution is 2.36. The highest BCUT2D eigenvalue weighted by Gasteiger charge is 2.27. The molecule has 0 bridgehead atoms. The number of carbonyl (C=O) groups excluding carboxylic acids is 2. The van der Waals surface area contributed by atoms with Crippen LogP contribution in [0.25, 0.3) is 0 Å². The number of benzene rings is 3. The Kier molecular flexibility index (Phi) is 6.14. The van der Waals surface area contributed by atoms with Gasteiger partial charge >= 0.3 is 0 Å². The van der Waals surface area contributed by atoms with Gasteiger partial charge in [0.05, 0.1) is 0 Å². The van der Waals surface area contributed by atoms with Gasteiger partial charge in [0.2, 0.25) is 0 Å². The Morgan fingerprint density at radius 1 is 0.871 bits per heavy atom. The summed E-state index contributed by atoms with van der Waals surface area (Å²) in [5, 5.41) is 2.88. The maximum absolute atomic E-state index is 13.4. The lowest BCUT2D eigenvalue weighted by Crippen LogP contribution is -2.31. The van der Waals surface area contributed by atoms with Gasteiger partial charge in [0.1, 0.15) is 0 Å². The Hall–Kier alpha value is -3.44. The summed E-state index contributed by atoms with van der Waals surface area (Å²) in [7, 11) is 4.17. The molecule has 0 aromatic heterocycles. The number of nitrogens with zero attached hydrogens (tertiary/aromatic N) is 2. The summed E-state index contributed by atoms with van der Waals surface area (Å²) in [5.41, 5.74) is 4.03. The van der Waals surface area contributed by atoms with E-state index < -0.39 is 0 Å². The molecule has 0 fully saturated rings. The van der Waals surface area contributed by atoms with Crippen molar-refractivity contribution in [3.63, 3.8) is 0 Å². The van der Waals surface area contributed by atoms with E-state index in [1.54, 1.807) is 36.4 Å². The first kappa shape index (κ1) is 20.8. The number of amides is 2. The Morgan fingerprint density at radius 2 is 1.55 bits per heavy atom. The molecule has 3 aromatic carbocycles. The summed E-state index contributed by atoms with van der Waals surface area (Å²) in [6.07, 6.45) is 1.95. The lowest BCUT2D eigenvalue weighted by molar-refractivity contribution is 0.0985. The number of carbonyl (C=O) groups is 2. The second-order valence-corrected chi connectivity index (χ2v) is 8.03. The summed E-state index contributed by atoms with van der Waals surface area (Å²) in [5.74, 6) is -0.191. The zero-order chi connectivity index (χ0) is 21.8. The van der Waals surface area contributed by atoms with E-state index in [1.165, 1.54) is 5.56 Å². The van der Waals surface area contributed by atoms with Crippen LogP contribution in [0.15, 0.2) is 78.9 Å². The van der Waals surface area contributed by atoms with Gasteiger partial charge in [0.15, 0.2) is 0 Å². The predicted molar refractivity (Wildman–Crippen MR) is 125 cm³/mol. The fourth-order valence-corrected chi connectivity index (χ4v) is 4.13. The second kappa shape index (κ2) is 9.14. The van der Waals surface area contributed by atoms with Crippen molar-refractivity contribution in [2.45, 2.75) is 18.9 Å². The first-order chi connectivity index (χ1) is 15.0. The van der Waals surface area contributed by atoms with Crippen molar-refractivity contribution in [2.24, 2.45) is 0 Å². The van der Waals surface area contributed by atoms with Gasteiger partial charge in [-0.3, -0.25) is 9.59 Å². The molecule has 1 atom stereocenters. The van der Waals surface area contributed by atoms with Crippen molar-refractivity contribution in [1.82, 2.24) is 4.90 Å². The van der Waals surface area contributed by atoms with E-state index in [2.05, 4.69) is 30.4 Å². The van der Waals surface area contributed by atoms with Crippen LogP contribution in [0.5, 0.6) is 0 Å². The summed E-state index contributed by atoms with van der Waals surface area (Å²) in [6, 6.07) is 24.6. The van der Waals surface area contributed by atoms with Gasteiger partial charge in [-0.25, -0.2) is 0 Å². The summed E-state index contributed by atoms with van der Waals surface area (Å²) in [6.45, 7) is 0.687. The quantitative estimate of drug-likeness (QED) is 0.656. The maximum atomic E-state index is 13.4. The van der Waals surface area contributed by atoms with Crippen molar-refractivity contribution in [2.75, 3.05) is 30.9 Å². The van der Waals surface area contributed by atoms with E-state index in [1.807, 2.05) is 41.3 Å². The zero-order valence-corrected chi connectivity index (χ0v) is 17.9. The molecule has 4 rings (SSSR count). The molecule has 0 radical (unpaired) electrons. The number of nitrogens with one attached hydrogen (secondary N) is 1. The maximum Gasteiger partial charge on any atom is 0.258 e. The minimum atomic E-state index is -0.171. The van der Waals surface area contributed by atoms with Crippen molar-refractivity contribution in [3.8, 4) is 0 Å². The van der Waals surface area contributed by atoms with E-state index >= 15 is 0 Å². The molecule has 1 aliphatic heterocycles. The van der Waals surface area contributed by atoms with Crippen molar-refractivity contribution in [3.05, 3.63) is 95.6 Å². The first-order valence-electron chi connectivity index (χ1n) is 10.6. The van der Waals surface area contributed by atoms with Gasteiger partial charge < -0.3 is 15.1 Å². The zero-order valence-electron chi connectivity index (χ0n) is 17.9. The number of anilines is 2. The molecule has 0 aliphatic carbocycles.